The molecule has 2 N–H and O–H groups in total. The number of nitro benzene ring substituents is 1. The monoisotopic (exact) mass is 612 g/mol. The van der Waals surface area contributed by atoms with Crippen LogP contribution in [0, 0.1) is 10.1 Å². The third kappa shape index (κ3) is 8.60. The normalized spacial score (nSPS) is 10.9. The fourth-order valence-electron chi connectivity index (χ4n) is 3.82. The second-order valence-corrected chi connectivity index (χ2v) is 9.37. The molecule has 4 aromatic rings. The Morgan fingerprint density at radius 1 is 0.909 bits per heavy atom. The summed E-state index contributed by atoms with van der Waals surface area (Å²) in [6.07, 6.45) is 3.94. The molecule has 0 aliphatic heterocycles. The van der Waals surface area contributed by atoms with E-state index in [4.69, 9.17) is 21.1 Å². The van der Waals surface area contributed by atoms with Crippen molar-refractivity contribution in [3.05, 3.63) is 134 Å². The van der Waals surface area contributed by atoms with Gasteiger partial charge in [0.1, 0.15) is 0 Å². The van der Waals surface area contributed by atoms with Gasteiger partial charge in [0.15, 0.2) is 11.5 Å². The van der Waals surface area contributed by atoms with Crippen LogP contribution in [0.3, 0.4) is 0 Å². The number of ether oxygens (including phenoxy) is 2. The van der Waals surface area contributed by atoms with E-state index in [-0.39, 0.29) is 29.4 Å². The van der Waals surface area contributed by atoms with Crippen LogP contribution in [0.4, 0.5) is 11.4 Å². The molecule has 11 nitrogen and oxygen atoms in total. The lowest BCUT2D eigenvalue weighted by molar-refractivity contribution is -0.384. The van der Waals surface area contributed by atoms with Gasteiger partial charge in [-0.1, -0.05) is 41.9 Å². The Bertz CT molecular complexity index is 1770. The van der Waals surface area contributed by atoms with Crippen LogP contribution in [0.2, 0.25) is 5.02 Å². The van der Waals surface area contributed by atoms with Gasteiger partial charge in [-0.05, 0) is 72.7 Å². The summed E-state index contributed by atoms with van der Waals surface area (Å²) in [5.74, 6) is -1.22. The SMILES string of the molecule is CCOc1cc(C=NNC(=O)c2cccc(NC(=O)c3ccccc3Cl)c2)ccc1OC(=O)/C=C/c1cccc([N+](=O)[O-])c1. The molecule has 0 radical (unpaired) electrons. The molecular formula is C32H25ClN4O7. The minimum atomic E-state index is -0.712. The first kappa shape index (κ1) is 31.1. The summed E-state index contributed by atoms with van der Waals surface area (Å²) in [4.78, 5) is 48.0. The molecule has 12 heteroatoms. The molecule has 0 saturated carbocycles. The van der Waals surface area contributed by atoms with Crippen molar-refractivity contribution in [1.29, 1.82) is 0 Å². The number of hydrazone groups is 1. The molecule has 0 atom stereocenters. The number of esters is 1. The summed E-state index contributed by atoms with van der Waals surface area (Å²) in [5.41, 5.74) is 4.30. The lowest BCUT2D eigenvalue weighted by atomic mass is 10.1. The predicted octanol–water partition coefficient (Wildman–Crippen LogP) is 6.28. The van der Waals surface area contributed by atoms with Crippen molar-refractivity contribution in [3.63, 3.8) is 0 Å². The van der Waals surface area contributed by atoms with Crippen LogP contribution in [0.5, 0.6) is 11.5 Å². The highest BCUT2D eigenvalue weighted by molar-refractivity contribution is 6.34. The molecule has 0 fully saturated rings. The predicted molar refractivity (Wildman–Crippen MR) is 166 cm³/mol. The Balaban J connectivity index is 1.38. The van der Waals surface area contributed by atoms with Gasteiger partial charge in [-0.2, -0.15) is 5.10 Å². The maximum absolute atomic E-state index is 12.7. The number of non-ortho nitro benzene ring substituents is 1. The number of rotatable bonds is 11. The quantitative estimate of drug-likeness (QED) is 0.0505. The van der Waals surface area contributed by atoms with Gasteiger partial charge in [-0.25, -0.2) is 10.2 Å². The van der Waals surface area contributed by atoms with Gasteiger partial charge in [-0.15, -0.1) is 0 Å². The molecule has 4 aromatic carbocycles. The minimum absolute atomic E-state index is 0.0980. The number of hydrogen-bond acceptors (Lipinski definition) is 8. The summed E-state index contributed by atoms with van der Waals surface area (Å²) in [5, 5.41) is 18.0. The van der Waals surface area contributed by atoms with Crippen molar-refractivity contribution in [2.45, 2.75) is 6.92 Å². The fourth-order valence-corrected chi connectivity index (χ4v) is 4.04. The Hall–Kier alpha value is -5.81. The maximum atomic E-state index is 12.7. The topological polar surface area (TPSA) is 149 Å². The van der Waals surface area contributed by atoms with Gasteiger partial charge < -0.3 is 14.8 Å². The zero-order valence-corrected chi connectivity index (χ0v) is 24.0. The molecule has 0 aromatic heterocycles. The third-order valence-electron chi connectivity index (χ3n) is 5.85. The number of hydrogen-bond donors (Lipinski definition) is 2. The van der Waals surface area contributed by atoms with E-state index < -0.39 is 22.7 Å². The van der Waals surface area contributed by atoms with Gasteiger partial charge in [0.2, 0.25) is 0 Å². The van der Waals surface area contributed by atoms with Crippen molar-refractivity contribution in [2.24, 2.45) is 5.10 Å². The molecule has 44 heavy (non-hydrogen) atoms. The van der Waals surface area contributed by atoms with Crippen molar-refractivity contribution in [2.75, 3.05) is 11.9 Å². The number of nitro groups is 1. The lowest BCUT2D eigenvalue weighted by Crippen LogP contribution is -2.18. The van der Waals surface area contributed by atoms with Gasteiger partial charge in [0.05, 0.1) is 28.3 Å². The molecule has 222 valence electrons. The number of carbonyl (C=O) groups is 3. The zero-order valence-electron chi connectivity index (χ0n) is 23.2. The molecule has 4 rings (SSSR count). The fraction of sp³-hybridized carbons (Fsp3) is 0.0625. The standard InChI is InChI=1S/C32H25ClN4O7/c1-2-43-29-18-22(13-15-28(29)44-30(38)16-14-21-7-5-10-25(17-21)37(41)42)20-34-36-31(39)23-8-6-9-24(19-23)35-32(40)26-11-3-4-12-27(26)33/h3-20H,2H2,1H3,(H,35,40)(H,36,39)/b16-14+,34-20?. The first-order chi connectivity index (χ1) is 21.2. The first-order valence-corrected chi connectivity index (χ1v) is 13.5. The van der Waals surface area contributed by atoms with Gasteiger partial charge in [0.25, 0.3) is 17.5 Å². The molecule has 0 saturated heterocycles. The summed E-state index contributed by atoms with van der Waals surface area (Å²) in [6.45, 7) is 2.05. The van der Waals surface area contributed by atoms with Crippen molar-refractivity contribution in [1.82, 2.24) is 5.43 Å². The molecule has 0 unspecified atom stereocenters. The lowest BCUT2D eigenvalue weighted by Gasteiger charge is -2.10. The van der Waals surface area contributed by atoms with E-state index in [1.165, 1.54) is 42.6 Å². The van der Waals surface area contributed by atoms with Crippen LogP contribution in [-0.4, -0.2) is 35.5 Å². The van der Waals surface area contributed by atoms with E-state index in [1.807, 2.05) is 0 Å². The van der Waals surface area contributed by atoms with Gasteiger partial charge >= 0.3 is 5.97 Å². The van der Waals surface area contributed by atoms with Crippen LogP contribution in [-0.2, 0) is 4.79 Å². The Morgan fingerprint density at radius 3 is 2.48 bits per heavy atom. The third-order valence-corrected chi connectivity index (χ3v) is 6.18. The van der Waals surface area contributed by atoms with Crippen LogP contribution in [0.15, 0.2) is 102 Å². The summed E-state index contributed by atoms with van der Waals surface area (Å²) in [6, 6.07) is 23.5. The number of carbonyl (C=O) groups excluding carboxylic acids is 3. The molecule has 0 aliphatic carbocycles. The Labute approximate surface area is 256 Å². The number of anilines is 1. The number of nitrogens with zero attached hydrogens (tertiary/aromatic N) is 2. The first-order valence-electron chi connectivity index (χ1n) is 13.1. The Kier molecular flexibility index (Phi) is 10.5. The number of halogens is 1. The molecule has 0 heterocycles. The molecule has 0 bridgehead atoms. The van der Waals surface area contributed by atoms with E-state index in [0.29, 0.717) is 27.4 Å². The Morgan fingerprint density at radius 2 is 1.70 bits per heavy atom. The van der Waals surface area contributed by atoms with E-state index >= 15 is 0 Å². The highest BCUT2D eigenvalue weighted by Gasteiger charge is 2.13. The number of benzene rings is 4. The second-order valence-electron chi connectivity index (χ2n) is 8.96. The van der Waals surface area contributed by atoms with Crippen LogP contribution in [0.1, 0.15) is 38.8 Å². The van der Waals surface area contributed by atoms with Gasteiger partial charge in [-0.3, -0.25) is 19.7 Å². The largest absolute Gasteiger partial charge is 0.490 e. The minimum Gasteiger partial charge on any atom is -0.490 e. The van der Waals surface area contributed by atoms with E-state index in [0.717, 1.165) is 6.08 Å². The molecular weight excluding hydrogens is 588 g/mol. The van der Waals surface area contributed by atoms with Crippen molar-refractivity contribution < 1.29 is 28.8 Å². The second kappa shape index (κ2) is 14.9. The summed E-state index contributed by atoms with van der Waals surface area (Å²) >= 11 is 6.09. The van der Waals surface area contributed by atoms with E-state index in [1.54, 1.807) is 67.6 Å². The highest BCUT2D eigenvalue weighted by atomic mass is 35.5. The van der Waals surface area contributed by atoms with Crippen molar-refractivity contribution in [3.8, 4) is 11.5 Å². The van der Waals surface area contributed by atoms with Gasteiger partial charge in [0, 0.05) is 29.5 Å². The maximum Gasteiger partial charge on any atom is 0.336 e. The van der Waals surface area contributed by atoms with Crippen LogP contribution < -0.4 is 20.2 Å². The highest BCUT2D eigenvalue weighted by Crippen LogP contribution is 2.28. The average Bonchev–Trinajstić information content (AvgIpc) is 3.01. The zero-order chi connectivity index (χ0) is 31.5. The summed E-state index contributed by atoms with van der Waals surface area (Å²) < 4.78 is 11.0. The average molecular weight is 613 g/mol. The number of amides is 2. The van der Waals surface area contributed by atoms with Crippen LogP contribution in [0.25, 0.3) is 6.08 Å². The van der Waals surface area contributed by atoms with E-state index in [2.05, 4.69) is 15.8 Å². The van der Waals surface area contributed by atoms with E-state index in [9.17, 15) is 24.5 Å². The molecule has 2 amide bonds. The molecule has 0 spiro atoms. The van der Waals surface area contributed by atoms with Crippen molar-refractivity contribution >= 4 is 53.0 Å². The smallest absolute Gasteiger partial charge is 0.336 e. The van der Waals surface area contributed by atoms with Crippen LogP contribution >= 0.6 is 11.6 Å². The number of nitrogens with one attached hydrogen (secondary N) is 2. The molecule has 0 aliphatic rings. The summed E-state index contributed by atoms with van der Waals surface area (Å²) in [7, 11) is 0.